The van der Waals surface area contributed by atoms with Crippen molar-refractivity contribution in [2.75, 3.05) is 6.54 Å². The molecule has 1 unspecified atom stereocenters. The minimum Gasteiger partial charge on any atom is -0.348 e. The average molecular weight is 265 g/mol. The maximum absolute atomic E-state index is 13.5. The Kier molecular flexibility index (Phi) is 4.85. The summed E-state index contributed by atoms with van der Waals surface area (Å²) in [6, 6.07) is 1.32. The number of pyridine rings is 1. The van der Waals surface area contributed by atoms with Gasteiger partial charge in [-0.25, -0.2) is 4.39 Å². The number of carbonyl (C=O) groups excluding carboxylic acids is 1. The lowest BCUT2D eigenvalue weighted by molar-refractivity contribution is 0.0911. The van der Waals surface area contributed by atoms with Gasteiger partial charge in [0.25, 0.3) is 5.91 Å². The van der Waals surface area contributed by atoms with E-state index < -0.39 is 11.7 Å². The van der Waals surface area contributed by atoms with Crippen LogP contribution in [-0.2, 0) is 0 Å². The molecule has 0 aromatic carbocycles. The minimum atomic E-state index is -0.598. The van der Waals surface area contributed by atoms with Gasteiger partial charge in [0, 0.05) is 18.8 Å². The molecule has 0 aliphatic heterocycles. The molecule has 104 valence electrons. The van der Waals surface area contributed by atoms with Crippen LogP contribution in [0.5, 0.6) is 0 Å². The molecule has 1 aliphatic carbocycles. The van der Waals surface area contributed by atoms with Gasteiger partial charge in [0.05, 0.1) is 11.8 Å². The molecule has 3 N–H and O–H groups in total. The molecule has 1 fully saturated rings. The van der Waals surface area contributed by atoms with Crippen molar-refractivity contribution in [2.45, 2.75) is 38.1 Å². The summed E-state index contributed by atoms with van der Waals surface area (Å²) in [4.78, 5) is 15.7. The quantitative estimate of drug-likeness (QED) is 0.873. The molecule has 0 saturated heterocycles. The normalized spacial score (nSPS) is 18.0. The molecule has 1 aromatic rings. The van der Waals surface area contributed by atoms with Crippen LogP contribution in [0.2, 0.25) is 0 Å². The largest absolute Gasteiger partial charge is 0.348 e. The first kappa shape index (κ1) is 13.9. The van der Waals surface area contributed by atoms with Crippen LogP contribution in [0.4, 0.5) is 4.39 Å². The van der Waals surface area contributed by atoms with E-state index in [9.17, 15) is 9.18 Å². The van der Waals surface area contributed by atoms with Crippen molar-refractivity contribution in [2.24, 2.45) is 11.7 Å². The van der Waals surface area contributed by atoms with Crippen molar-refractivity contribution in [3.8, 4) is 0 Å². The first-order chi connectivity index (χ1) is 9.22. The Balaban J connectivity index is 2.01. The average Bonchev–Trinajstić information content (AvgIpc) is 2.46. The molecule has 0 bridgehead atoms. The maximum atomic E-state index is 13.5. The Morgan fingerprint density at radius 1 is 1.47 bits per heavy atom. The van der Waals surface area contributed by atoms with Gasteiger partial charge in [-0.3, -0.25) is 9.78 Å². The van der Waals surface area contributed by atoms with Crippen molar-refractivity contribution in [3.63, 3.8) is 0 Å². The molecule has 0 spiro atoms. The minimum absolute atomic E-state index is 0.0317. The van der Waals surface area contributed by atoms with E-state index in [2.05, 4.69) is 10.3 Å². The fraction of sp³-hybridized carbons (Fsp3) is 0.571. The summed E-state index contributed by atoms with van der Waals surface area (Å²) in [6.45, 7) is 0.392. The number of nitrogens with one attached hydrogen (secondary N) is 1. The number of nitrogens with zero attached hydrogens (tertiary/aromatic N) is 1. The summed E-state index contributed by atoms with van der Waals surface area (Å²) in [7, 11) is 0. The smallest absolute Gasteiger partial charge is 0.254 e. The summed E-state index contributed by atoms with van der Waals surface area (Å²) in [5, 5.41) is 2.86. The van der Waals surface area contributed by atoms with Crippen molar-refractivity contribution in [3.05, 3.63) is 29.8 Å². The molecule has 19 heavy (non-hydrogen) atoms. The van der Waals surface area contributed by atoms with E-state index in [1.807, 2.05) is 0 Å². The van der Waals surface area contributed by atoms with Gasteiger partial charge < -0.3 is 11.1 Å². The molecule has 2 rings (SSSR count). The Morgan fingerprint density at radius 2 is 2.21 bits per heavy atom. The molecule has 4 nitrogen and oxygen atoms in total. The summed E-state index contributed by atoms with van der Waals surface area (Å²) >= 11 is 0. The molecule has 1 heterocycles. The van der Waals surface area contributed by atoms with Gasteiger partial charge in [-0.05, 0) is 24.8 Å². The van der Waals surface area contributed by atoms with Crippen molar-refractivity contribution < 1.29 is 9.18 Å². The summed E-state index contributed by atoms with van der Waals surface area (Å²) < 4.78 is 13.5. The Bertz CT molecular complexity index is 432. The predicted octanol–water partition coefficient (Wildman–Crippen LogP) is 1.86. The van der Waals surface area contributed by atoms with E-state index in [1.54, 1.807) is 0 Å². The van der Waals surface area contributed by atoms with Crippen LogP contribution in [0.3, 0.4) is 0 Å². The Labute approximate surface area is 112 Å². The van der Waals surface area contributed by atoms with E-state index in [1.165, 1.54) is 31.5 Å². The number of halogens is 1. The van der Waals surface area contributed by atoms with Crippen molar-refractivity contribution >= 4 is 5.91 Å². The number of hydrogen-bond donors (Lipinski definition) is 2. The molecular formula is C14H20FN3O. The molecule has 1 aromatic heterocycles. The van der Waals surface area contributed by atoms with Gasteiger partial charge in [0.15, 0.2) is 5.82 Å². The van der Waals surface area contributed by atoms with E-state index in [4.69, 9.17) is 5.73 Å². The number of rotatable bonds is 4. The van der Waals surface area contributed by atoms with Crippen LogP contribution < -0.4 is 11.1 Å². The number of hydrogen-bond acceptors (Lipinski definition) is 3. The number of carbonyl (C=O) groups is 1. The van der Waals surface area contributed by atoms with Crippen LogP contribution in [0, 0.1) is 11.7 Å². The fourth-order valence-corrected chi connectivity index (χ4v) is 2.71. The molecule has 1 atom stereocenters. The number of nitrogens with two attached hydrogens (primary N) is 1. The number of amides is 1. The lowest BCUT2D eigenvalue weighted by atomic mass is 9.84. The zero-order valence-corrected chi connectivity index (χ0v) is 10.9. The first-order valence-corrected chi connectivity index (χ1v) is 6.83. The monoisotopic (exact) mass is 265 g/mol. The predicted molar refractivity (Wildman–Crippen MR) is 71.1 cm³/mol. The van der Waals surface area contributed by atoms with E-state index in [0.29, 0.717) is 12.5 Å². The van der Waals surface area contributed by atoms with Crippen LogP contribution in [0.15, 0.2) is 18.5 Å². The van der Waals surface area contributed by atoms with Crippen LogP contribution in [-0.4, -0.2) is 23.5 Å². The second-order valence-electron chi connectivity index (χ2n) is 5.07. The molecule has 5 heteroatoms. The standard InChI is InChI=1S/C14H20FN3O/c15-12-9-17-7-6-11(12)14(19)18-13(8-16)10-4-2-1-3-5-10/h6-7,9-10,13H,1-5,8,16H2,(H,18,19). The topological polar surface area (TPSA) is 68.0 Å². The molecular weight excluding hydrogens is 245 g/mol. The highest BCUT2D eigenvalue weighted by Gasteiger charge is 2.25. The SMILES string of the molecule is NCC(NC(=O)c1ccncc1F)C1CCCCC1. The molecule has 1 aliphatic rings. The van der Waals surface area contributed by atoms with E-state index >= 15 is 0 Å². The van der Waals surface area contributed by atoms with Gasteiger partial charge in [-0.15, -0.1) is 0 Å². The highest BCUT2D eigenvalue weighted by Crippen LogP contribution is 2.26. The first-order valence-electron chi connectivity index (χ1n) is 6.83. The number of aromatic nitrogens is 1. The Hall–Kier alpha value is -1.49. The van der Waals surface area contributed by atoms with Gasteiger partial charge in [0.1, 0.15) is 0 Å². The van der Waals surface area contributed by atoms with E-state index in [0.717, 1.165) is 19.0 Å². The van der Waals surface area contributed by atoms with Crippen LogP contribution in [0.1, 0.15) is 42.5 Å². The van der Waals surface area contributed by atoms with Crippen LogP contribution in [0.25, 0.3) is 0 Å². The molecule has 1 saturated carbocycles. The third kappa shape index (κ3) is 3.50. The van der Waals surface area contributed by atoms with Crippen LogP contribution >= 0.6 is 0 Å². The highest BCUT2D eigenvalue weighted by atomic mass is 19.1. The fourth-order valence-electron chi connectivity index (χ4n) is 2.71. The second kappa shape index (κ2) is 6.61. The maximum Gasteiger partial charge on any atom is 0.254 e. The second-order valence-corrected chi connectivity index (χ2v) is 5.07. The van der Waals surface area contributed by atoms with Gasteiger partial charge >= 0.3 is 0 Å². The van der Waals surface area contributed by atoms with Gasteiger partial charge in [0.2, 0.25) is 0 Å². The van der Waals surface area contributed by atoms with E-state index in [-0.39, 0.29) is 11.6 Å². The van der Waals surface area contributed by atoms with Gasteiger partial charge in [-0.1, -0.05) is 19.3 Å². The lowest BCUT2D eigenvalue weighted by Gasteiger charge is -2.30. The Morgan fingerprint density at radius 3 is 2.84 bits per heavy atom. The third-order valence-electron chi connectivity index (χ3n) is 3.81. The highest BCUT2D eigenvalue weighted by molar-refractivity contribution is 5.94. The van der Waals surface area contributed by atoms with Gasteiger partial charge in [-0.2, -0.15) is 0 Å². The lowest BCUT2D eigenvalue weighted by Crippen LogP contribution is -2.46. The zero-order valence-electron chi connectivity index (χ0n) is 10.9. The van der Waals surface area contributed by atoms with Crippen molar-refractivity contribution in [1.29, 1.82) is 0 Å². The zero-order chi connectivity index (χ0) is 13.7. The third-order valence-corrected chi connectivity index (χ3v) is 3.81. The summed E-state index contributed by atoms with van der Waals surface area (Å²) in [6.07, 6.45) is 8.24. The summed E-state index contributed by atoms with van der Waals surface area (Å²) in [5.74, 6) is -0.590. The molecule has 0 radical (unpaired) electrons. The summed E-state index contributed by atoms with van der Waals surface area (Å²) in [5.41, 5.74) is 5.78. The van der Waals surface area contributed by atoms with Crippen molar-refractivity contribution in [1.82, 2.24) is 10.3 Å². The molecule has 1 amide bonds.